The summed E-state index contributed by atoms with van der Waals surface area (Å²) in [6.45, 7) is 0. The van der Waals surface area contributed by atoms with Gasteiger partial charge in [0.1, 0.15) is 0 Å². The fraction of sp³-hybridized carbons (Fsp3) is 0. The van der Waals surface area contributed by atoms with E-state index < -0.39 is 0 Å². The molecule has 0 aliphatic carbocycles. The Morgan fingerprint density at radius 3 is 2.71 bits per heavy atom. The first-order valence-electron chi connectivity index (χ1n) is 4.79. The molecule has 7 heteroatoms. The number of nitrogens with two attached hydrogens (primary N) is 1. The maximum absolute atomic E-state index is 11.9. The molecule has 0 aromatic carbocycles. The first-order valence-corrected chi connectivity index (χ1v) is 4.79. The highest BCUT2D eigenvalue weighted by molar-refractivity contribution is 6.07. The normalized spacial score (nSPS) is 9.71. The molecular weight excluding hydrogens is 220 g/mol. The number of carbonyl (C=O) groups is 1. The maximum atomic E-state index is 11.9. The molecule has 2 aromatic heterocycles. The van der Waals surface area contributed by atoms with Gasteiger partial charge in [-0.25, -0.2) is 4.98 Å². The lowest BCUT2D eigenvalue weighted by Crippen LogP contribution is -2.18. The van der Waals surface area contributed by atoms with Crippen LogP contribution in [0.25, 0.3) is 0 Å². The van der Waals surface area contributed by atoms with Crippen molar-refractivity contribution < 1.29 is 4.79 Å². The van der Waals surface area contributed by atoms with E-state index in [-0.39, 0.29) is 5.91 Å². The third-order valence-corrected chi connectivity index (χ3v) is 2.03. The Balaban J connectivity index is 2.20. The highest BCUT2D eigenvalue weighted by Gasteiger charge is 2.11. The molecule has 2 rings (SSSR count). The van der Waals surface area contributed by atoms with Crippen LogP contribution in [0.2, 0.25) is 0 Å². The molecule has 0 atom stereocenters. The predicted octanol–water partition coefficient (Wildman–Crippen LogP) is 0.409. The lowest BCUT2D eigenvalue weighted by atomic mass is 10.2. The Bertz CT molecular complexity index is 515. The number of anilines is 2. The van der Waals surface area contributed by atoms with Crippen molar-refractivity contribution in [3.8, 4) is 0 Å². The first kappa shape index (κ1) is 11.0. The second kappa shape index (κ2) is 4.99. The number of nitrogens with zero attached hydrogens (tertiary/aromatic N) is 3. The van der Waals surface area contributed by atoms with Gasteiger partial charge < -0.3 is 10.7 Å². The number of nitrogens with one attached hydrogen (secondary N) is 2. The van der Waals surface area contributed by atoms with E-state index in [9.17, 15) is 4.79 Å². The largest absolute Gasteiger partial charge is 0.322 e. The summed E-state index contributed by atoms with van der Waals surface area (Å²) in [6, 6.07) is 1.56. The monoisotopic (exact) mass is 230 g/mol. The number of rotatable bonds is 3. The van der Waals surface area contributed by atoms with Crippen LogP contribution in [0.1, 0.15) is 10.4 Å². The van der Waals surface area contributed by atoms with Crippen LogP contribution in [0.4, 0.5) is 11.5 Å². The minimum Gasteiger partial charge on any atom is -0.322 e. The molecule has 17 heavy (non-hydrogen) atoms. The third kappa shape index (κ3) is 2.52. The van der Waals surface area contributed by atoms with Crippen molar-refractivity contribution in [1.29, 1.82) is 0 Å². The van der Waals surface area contributed by atoms with Crippen LogP contribution in [0, 0.1) is 0 Å². The van der Waals surface area contributed by atoms with Gasteiger partial charge in [0.2, 0.25) is 0 Å². The van der Waals surface area contributed by atoms with Gasteiger partial charge in [-0.3, -0.25) is 20.6 Å². The fourth-order valence-corrected chi connectivity index (χ4v) is 1.25. The van der Waals surface area contributed by atoms with E-state index in [0.29, 0.717) is 17.1 Å². The van der Waals surface area contributed by atoms with E-state index >= 15 is 0 Å². The SMILES string of the molecule is NNc1cnccc1C(=O)Nc1cnccn1. The Kier molecular flexibility index (Phi) is 3.22. The van der Waals surface area contributed by atoms with Crippen molar-refractivity contribution in [2.45, 2.75) is 0 Å². The van der Waals surface area contributed by atoms with E-state index in [1.165, 1.54) is 31.0 Å². The number of nitrogen functional groups attached to an aromatic ring is 1. The molecule has 0 bridgehead atoms. The van der Waals surface area contributed by atoms with Crippen LogP contribution in [-0.2, 0) is 0 Å². The Morgan fingerprint density at radius 2 is 2.00 bits per heavy atom. The Hall–Kier alpha value is -2.54. The zero-order chi connectivity index (χ0) is 12.1. The van der Waals surface area contributed by atoms with Crippen molar-refractivity contribution >= 4 is 17.4 Å². The van der Waals surface area contributed by atoms with Gasteiger partial charge in [0.25, 0.3) is 5.91 Å². The molecule has 0 fully saturated rings. The smallest absolute Gasteiger partial charge is 0.259 e. The molecule has 86 valence electrons. The molecular formula is C10H10N6O. The summed E-state index contributed by atoms with van der Waals surface area (Å²) in [5, 5.41) is 2.60. The van der Waals surface area contributed by atoms with Gasteiger partial charge in [-0.2, -0.15) is 0 Å². The van der Waals surface area contributed by atoms with Gasteiger partial charge in [-0.05, 0) is 6.07 Å². The summed E-state index contributed by atoms with van der Waals surface area (Å²) in [6.07, 6.45) is 7.44. The fourth-order valence-electron chi connectivity index (χ4n) is 1.25. The summed E-state index contributed by atoms with van der Waals surface area (Å²) in [5.74, 6) is 5.32. The summed E-state index contributed by atoms with van der Waals surface area (Å²) < 4.78 is 0. The number of hydrazine groups is 1. The molecule has 1 amide bonds. The lowest BCUT2D eigenvalue weighted by Gasteiger charge is -2.07. The van der Waals surface area contributed by atoms with E-state index in [1.54, 1.807) is 6.07 Å². The van der Waals surface area contributed by atoms with Gasteiger partial charge in [-0.1, -0.05) is 0 Å². The number of aromatic nitrogens is 3. The van der Waals surface area contributed by atoms with Crippen molar-refractivity contribution in [3.63, 3.8) is 0 Å². The predicted molar refractivity (Wildman–Crippen MR) is 62.0 cm³/mol. The molecule has 0 radical (unpaired) electrons. The lowest BCUT2D eigenvalue weighted by molar-refractivity contribution is 0.102. The molecule has 4 N–H and O–H groups in total. The number of amides is 1. The minimum atomic E-state index is -0.333. The average molecular weight is 230 g/mol. The molecule has 0 spiro atoms. The topological polar surface area (TPSA) is 106 Å². The quantitative estimate of drug-likeness (QED) is 0.521. The molecule has 2 heterocycles. The second-order valence-electron chi connectivity index (χ2n) is 3.11. The Labute approximate surface area is 97.1 Å². The van der Waals surface area contributed by atoms with Crippen molar-refractivity contribution in [2.75, 3.05) is 10.7 Å². The van der Waals surface area contributed by atoms with Crippen LogP contribution in [0.15, 0.2) is 37.1 Å². The third-order valence-electron chi connectivity index (χ3n) is 2.03. The zero-order valence-corrected chi connectivity index (χ0v) is 8.79. The van der Waals surface area contributed by atoms with Gasteiger partial charge in [0.05, 0.1) is 23.6 Å². The van der Waals surface area contributed by atoms with Gasteiger partial charge in [0.15, 0.2) is 5.82 Å². The van der Waals surface area contributed by atoms with Crippen LogP contribution < -0.4 is 16.6 Å². The van der Waals surface area contributed by atoms with Crippen LogP contribution >= 0.6 is 0 Å². The molecule has 0 saturated carbocycles. The van der Waals surface area contributed by atoms with Gasteiger partial charge in [0, 0.05) is 18.6 Å². The minimum absolute atomic E-state index is 0.333. The molecule has 0 aliphatic rings. The van der Waals surface area contributed by atoms with E-state index in [2.05, 4.69) is 25.7 Å². The summed E-state index contributed by atoms with van der Waals surface area (Å²) in [4.78, 5) is 23.5. The molecule has 7 nitrogen and oxygen atoms in total. The van der Waals surface area contributed by atoms with Crippen LogP contribution in [0.3, 0.4) is 0 Å². The molecule has 0 aliphatic heterocycles. The second-order valence-corrected chi connectivity index (χ2v) is 3.11. The van der Waals surface area contributed by atoms with E-state index in [4.69, 9.17) is 5.84 Å². The highest BCUT2D eigenvalue weighted by atomic mass is 16.1. The molecule has 2 aromatic rings. The van der Waals surface area contributed by atoms with E-state index in [1.807, 2.05) is 0 Å². The van der Waals surface area contributed by atoms with Gasteiger partial charge in [-0.15, -0.1) is 0 Å². The highest BCUT2D eigenvalue weighted by Crippen LogP contribution is 2.13. The Morgan fingerprint density at radius 1 is 1.18 bits per heavy atom. The molecule has 0 unspecified atom stereocenters. The van der Waals surface area contributed by atoms with Crippen LogP contribution in [0.5, 0.6) is 0 Å². The molecule has 0 saturated heterocycles. The number of pyridine rings is 1. The van der Waals surface area contributed by atoms with Crippen molar-refractivity contribution in [2.24, 2.45) is 5.84 Å². The average Bonchev–Trinajstić information content (AvgIpc) is 2.40. The summed E-state index contributed by atoms with van der Waals surface area (Å²) in [7, 11) is 0. The van der Waals surface area contributed by atoms with Crippen molar-refractivity contribution in [1.82, 2.24) is 15.0 Å². The summed E-state index contributed by atoms with van der Waals surface area (Å²) in [5.41, 5.74) is 3.22. The van der Waals surface area contributed by atoms with Crippen molar-refractivity contribution in [3.05, 3.63) is 42.6 Å². The number of carbonyl (C=O) groups excluding carboxylic acids is 1. The maximum Gasteiger partial charge on any atom is 0.259 e. The van der Waals surface area contributed by atoms with Crippen LogP contribution in [-0.4, -0.2) is 20.9 Å². The summed E-state index contributed by atoms with van der Waals surface area (Å²) >= 11 is 0. The number of hydrogen-bond donors (Lipinski definition) is 3. The zero-order valence-electron chi connectivity index (χ0n) is 8.79. The number of hydrogen-bond acceptors (Lipinski definition) is 6. The first-order chi connectivity index (χ1) is 8.31. The van der Waals surface area contributed by atoms with Gasteiger partial charge >= 0.3 is 0 Å². The van der Waals surface area contributed by atoms with E-state index in [0.717, 1.165) is 0 Å². The standard InChI is InChI=1S/C10H10N6O/c11-16-8-5-12-2-1-7(8)10(17)15-9-6-13-3-4-14-9/h1-6,16H,11H2,(H,14,15,17).